The van der Waals surface area contributed by atoms with E-state index >= 15 is 0 Å². The van der Waals surface area contributed by atoms with Crippen LogP contribution in [0.1, 0.15) is 79.1 Å². The second-order valence-corrected chi connectivity index (χ2v) is 14.0. The number of piperidine rings is 1. The zero-order valence-electron chi connectivity index (χ0n) is 27.2. The smallest absolute Gasteiger partial charge is 0.330 e. The highest BCUT2D eigenvalue weighted by molar-refractivity contribution is 5.95. The van der Waals surface area contributed by atoms with Crippen LogP contribution in [0.5, 0.6) is 0 Å². The third kappa shape index (κ3) is 8.35. The number of hydrogen-bond acceptors (Lipinski definition) is 5. The number of fused-ring (bicyclic) bond motifs is 1. The molecule has 0 aromatic heterocycles. The third-order valence-corrected chi connectivity index (χ3v) is 9.69. The quantitative estimate of drug-likeness (QED) is 0.182. The molecule has 0 bridgehead atoms. The van der Waals surface area contributed by atoms with E-state index in [9.17, 15) is 29.1 Å². The summed E-state index contributed by atoms with van der Waals surface area (Å²) in [6.07, 6.45) is 18.2. The molecule has 3 fully saturated rings. The van der Waals surface area contributed by atoms with Crippen molar-refractivity contribution < 1.29 is 29.1 Å². The van der Waals surface area contributed by atoms with Gasteiger partial charge in [-0.05, 0) is 49.9 Å². The number of carboxylic acid groups (broad SMARTS) is 1. The van der Waals surface area contributed by atoms with Crippen molar-refractivity contribution >= 4 is 29.7 Å². The van der Waals surface area contributed by atoms with Gasteiger partial charge in [0.25, 0.3) is 0 Å². The Hall–Kier alpha value is -3.63. The lowest BCUT2D eigenvalue weighted by Gasteiger charge is -2.41. The topological polar surface area (TPSA) is 148 Å². The lowest BCUT2D eigenvalue weighted by molar-refractivity contribution is -0.145. The number of carbonyl (C=O) groups is 5. The van der Waals surface area contributed by atoms with Crippen molar-refractivity contribution in [2.45, 2.75) is 96.7 Å². The maximum Gasteiger partial charge on any atom is 0.330 e. The number of carboxylic acids is 1. The van der Waals surface area contributed by atoms with E-state index in [1.165, 1.54) is 4.90 Å². The van der Waals surface area contributed by atoms with Gasteiger partial charge in [-0.1, -0.05) is 77.0 Å². The maximum absolute atomic E-state index is 13.2. The van der Waals surface area contributed by atoms with E-state index < -0.39 is 35.4 Å². The van der Waals surface area contributed by atoms with Gasteiger partial charge in [-0.3, -0.25) is 14.4 Å². The number of unbranched alkanes of at least 4 members (excludes halogenated alkanes) is 3. The van der Waals surface area contributed by atoms with Crippen LogP contribution in [0.25, 0.3) is 0 Å². The second-order valence-electron chi connectivity index (χ2n) is 14.0. The lowest BCUT2D eigenvalue weighted by atomic mass is 9.80. The molecule has 4 rings (SSSR count). The van der Waals surface area contributed by atoms with E-state index in [-0.39, 0.29) is 41.7 Å². The van der Waals surface area contributed by atoms with Crippen molar-refractivity contribution in [3.05, 3.63) is 36.5 Å². The van der Waals surface area contributed by atoms with Crippen LogP contribution in [0.2, 0.25) is 0 Å². The van der Waals surface area contributed by atoms with Crippen LogP contribution in [0.4, 0.5) is 4.79 Å². The molecule has 11 nitrogen and oxygen atoms in total. The molecular formula is C34H51N5O6. The number of urea groups is 1. The molecule has 4 aliphatic rings. The standard InChI is InChI=1S/C34H51N5O6/c1-5-6-7-8-9-14-24-20-34(24,31(43)44)37-29(41)26-16-12-18-39(26)28(40)21-35-32(45)36-27(33(2,3)4)22-38-19-17-23-13-10-11-15-25(23)30(38)42/h9-11,13-15,23-27H,5-8,12,16-22H2,1-4H3,(H,37,41)(H,43,44)(H2,35,36,45)/b14-9-/t23?,24?,25?,26-,27+,34+/m0/s1. The number of nitrogens with zero attached hydrogens (tertiary/aromatic N) is 2. The van der Waals surface area contributed by atoms with Gasteiger partial charge in [-0.25, -0.2) is 9.59 Å². The van der Waals surface area contributed by atoms with Crippen molar-refractivity contribution in [1.29, 1.82) is 0 Å². The molecule has 2 saturated heterocycles. The number of rotatable bonds is 13. The van der Waals surface area contributed by atoms with E-state index in [0.29, 0.717) is 38.9 Å². The number of amides is 5. The first-order valence-corrected chi connectivity index (χ1v) is 16.6. The van der Waals surface area contributed by atoms with E-state index in [4.69, 9.17) is 0 Å². The van der Waals surface area contributed by atoms with Crippen LogP contribution in [0.15, 0.2) is 36.5 Å². The maximum atomic E-state index is 13.2. The minimum absolute atomic E-state index is 0.0574. The first kappa shape index (κ1) is 34.2. The number of allylic oxidation sites excluding steroid dienone is 4. The highest BCUT2D eigenvalue weighted by Gasteiger charge is 2.61. The minimum atomic E-state index is -1.34. The first-order chi connectivity index (χ1) is 21.4. The van der Waals surface area contributed by atoms with E-state index in [0.717, 1.165) is 32.1 Å². The number of carbonyl (C=O) groups excluding carboxylic acids is 4. The fourth-order valence-corrected chi connectivity index (χ4v) is 6.60. The van der Waals surface area contributed by atoms with Crippen LogP contribution in [-0.4, -0.2) is 88.4 Å². The molecule has 0 aromatic carbocycles. The number of likely N-dealkylation sites (tertiary alicyclic amines) is 2. The van der Waals surface area contributed by atoms with Gasteiger partial charge in [0.1, 0.15) is 11.6 Å². The van der Waals surface area contributed by atoms with E-state index in [1.54, 1.807) is 0 Å². The first-order valence-electron chi connectivity index (χ1n) is 16.6. The fraction of sp³-hybridized carbons (Fsp3) is 0.676. The predicted molar refractivity (Wildman–Crippen MR) is 171 cm³/mol. The summed E-state index contributed by atoms with van der Waals surface area (Å²) in [5.74, 6) is -2.13. The Bertz CT molecular complexity index is 1220. The molecule has 248 valence electrons. The van der Waals surface area contributed by atoms with Gasteiger partial charge < -0.3 is 30.9 Å². The van der Waals surface area contributed by atoms with Gasteiger partial charge in [-0.15, -0.1) is 0 Å². The van der Waals surface area contributed by atoms with Gasteiger partial charge in [0.05, 0.1) is 18.5 Å². The molecule has 5 amide bonds. The SMILES string of the molecule is CCCCC/C=C\C1C[C@]1(NC(=O)[C@@H]1CCCN1C(=O)CNC(=O)N[C@H](CN1CCC2C=CC=CC2C1=O)C(C)(C)C)C(=O)O. The summed E-state index contributed by atoms with van der Waals surface area (Å²) in [7, 11) is 0. The van der Waals surface area contributed by atoms with Crippen LogP contribution in [-0.2, 0) is 19.2 Å². The summed E-state index contributed by atoms with van der Waals surface area (Å²) in [5.41, 5.74) is -1.69. The number of aliphatic carboxylic acids is 1. The summed E-state index contributed by atoms with van der Waals surface area (Å²) < 4.78 is 0. The Balaban J connectivity index is 1.28. The van der Waals surface area contributed by atoms with Crippen molar-refractivity contribution in [2.24, 2.45) is 23.2 Å². The fourth-order valence-electron chi connectivity index (χ4n) is 6.60. The van der Waals surface area contributed by atoms with Crippen LogP contribution >= 0.6 is 0 Å². The summed E-state index contributed by atoms with van der Waals surface area (Å²) >= 11 is 0. The summed E-state index contributed by atoms with van der Waals surface area (Å²) in [5, 5.41) is 18.3. The third-order valence-electron chi connectivity index (χ3n) is 9.69. The molecule has 0 radical (unpaired) electrons. The molecule has 0 aromatic rings. The molecule has 2 aliphatic heterocycles. The normalized spacial score (nSPS) is 28.1. The monoisotopic (exact) mass is 625 g/mol. The number of hydrogen-bond donors (Lipinski definition) is 4. The second kappa shape index (κ2) is 14.6. The Morgan fingerprint density at radius 1 is 1.11 bits per heavy atom. The Kier molecular flexibility index (Phi) is 11.1. The number of nitrogens with one attached hydrogen (secondary N) is 3. The zero-order valence-corrected chi connectivity index (χ0v) is 27.2. The molecule has 2 aliphatic carbocycles. The minimum Gasteiger partial charge on any atom is -0.479 e. The van der Waals surface area contributed by atoms with Crippen molar-refractivity contribution in [3.63, 3.8) is 0 Å². The Labute approximate surface area is 266 Å². The van der Waals surface area contributed by atoms with Gasteiger partial charge in [0.15, 0.2) is 0 Å². The largest absolute Gasteiger partial charge is 0.479 e. The van der Waals surface area contributed by atoms with Gasteiger partial charge in [0.2, 0.25) is 17.7 Å². The molecule has 45 heavy (non-hydrogen) atoms. The van der Waals surface area contributed by atoms with Crippen molar-refractivity contribution in [2.75, 3.05) is 26.2 Å². The van der Waals surface area contributed by atoms with Gasteiger partial charge >= 0.3 is 12.0 Å². The molecule has 2 heterocycles. The molecular weight excluding hydrogens is 574 g/mol. The van der Waals surface area contributed by atoms with Crippen LogP contribution < -0.4 is 16.0 Å². The van der Waals surface area contributed by atoms with E-state index in [1.807, 2.05) is 56.1 Å². The zero-order chi connectivity index (χ0) is 32.8. The molecule has 6 atom stereocenters. The van der Waals surface area contributed by atoms with Crippen LogP contribution in [0.3, 0.4) is 0 Å². The van der Waals surface area contributed by atoms with Crippen molar-refractivity contribution in [1.82, 2.24) is 25.8 Å². The molecule has 0 spiro atoms. The Morgan fingerprint density at radius 2 is 1.87 bits per heavy atom. The lowest BCUT2D eigenvalue weighted by Crippen LogP contribution is -2.57. The average Bonchev–Trinajstić information content (AvgIpc) is 3.46. The van der Waals surface area contributed by atoms with Crippen LogP contribution in [0, 0.1) is 23.2 Å². The summed E-state index contributed by atoms with van der Waals surface area (Å²) in [6, 6.07) is -1.67. The molecule has 1 saturated carbocycles. The summed E-state index contributed by atoms with van der Waals surface area (Å²) in [4.78, 5) is 67.9. The Morgan fingerprint density at radius 3 is 2.58 bits per heavy atom. The summed E-state index contributed by atoms with van der Waals surface area (Å²) in [6.45, 7) is 9.14. The highest BCUT2D eigenvalue weighted by Crippen LogP contribution is 2.45. The van der Waals surface area contributed by atoms with Crippen molar-refractivity contribution in [3.8, 4) is 0 Å². The predicted octanol–water partition coefficient (Wildman–Crippen LogP) is 3.38. The van der Waals surface area contributed by atoms with Gasteiger partial charge in [-0.2, -0.15) is 0 Å². The average molecular weight is 626 g/mol. The van der Waals surface area contributed by atoms with E-state index in [2.05, 4.69) is 29.0 Å². The molecule has 3 unspecified atom stereocenters. The highest BCUT2D eigenvalue weighted by atomic mass is 16.4. The van der Waals surface area contributed by atoms with Gasteiger partial charge in [0, 0.05) is 25.6 Å². The molecule has 4 N–H and O–H groups in total. The molecule has 11 heteroatoms.